The van der Waals surface area contributed by atoms with Crippen LogP contribution in [0.15, 0.2) is 46.9 Å². The number of hydrogen-bond donors (Lipinski definition) is 0. The summed E-state index contributed by atoms with van der Waals surface area (Å²) in [7, 11) is 0. The van der Waals surface area contributed by atoms with Gasteiger partial charge in [0.15, 0.2) is 17.3 Å². The summed E-state index contributed by atoms with van der Waals surface area (Å²) in [5.74, 6) is 0.118. The summed E-state index contributed by atoms with van der Waals surface area (Å²) in [6.07, 6.45) is 0. The molecule has 0 heterocycles. The lowest BCUT2D eigenvalue weighted by molar-refractivity contribution is 0.256. The normalized spacial score (nSPS) is 10.3. The fourth-order valence-electron chi connectivity index (χ4n) is 1.67. The second-order valence-corrected chi connectivity index (χ2v) is 4.84. The van der Waals surface area contributed by atoms with E-state index >= 15 is 0 Å². The summed E-state index contributed by atoms with van der Waals surface area (Å²) in [6, 6.07) is 12.7. The van der Waals surface area contributed by atoms with Crippen LogP contribution in [0.3, 0.4) is 0 Å². The Kier molecular flexibility index (Phi) is 4.80. The summed E-state index contributed by atoms with van der Waals surface area (Å²) in [5.41, 5.74) is 0.979. The van der Waals surface area contributed by atoms with Crippen molar-refractivity contribution in [1.82, 2.24) is 0 Å². The Bertz CT molecular complexity index is 543. The van der Waals surface area contributed by atoms with Crippen LogP contribution in [0.4, 0.5) is 4.39 Å². The first kappa shape index (κ1) is 13.9. The quantitative estimate of drug-likeness (QED) is 0.802. The van der Waals surface area contributed by atoms with Crippen LogP contribution in [0.5, 0.6) is 11.5 Å². The van der Waals surface area contributed by atoms with E-state index in [-0.39, 0.29) is 5.75 Å². The molecule has 0 aromatic heterocycles. The van der Waals surface area contributed by atoms with Crippen LogP contribution in [0, 0.1) is 5.82 Å². The molecule has 0 aliphatic heterocycles. The summed E-state index contributed by atoms with van der Waals surface area (Å²) in [5, 5.41) is 0. The summed E-state index contributed by atoms with van der Waals surface area (Å²) in [6.45, 7) is 2.61. The van der Waals surface area contributed by atoms with E-state index in [0.29, 0.717) is 23.4 Å². The highest BCUT2D eigenvalue weighted by molar-refractivity contribution is 9.10. The number of rotatable bonds is 5. The maximum Gasteiger partial charge on any atom is 0.197 e. The highest BCUT2D eigenvalue weighted by Gasteiger charge is 2.13. The zero-order valence-electron chi connectivity index (χ0n) is 10.5. The third kappa shape index (κ3) is 3.70. The third-order valence-electron chi connectivity index (χ3n) is 2.50. The molecule has 2 nitrogen and oxygen atoms in total. The van der Waals surface area contributed by atoms with Gasteiger partial charge in [0.2, 0.25) is 0 Å². The molecule has 0 bridgehead atoms. The van der Waals surface area contributed by atoms with Crippen LogP contribution in [0.1, 0.15) is 12.5 Å². The van der Waals surface area contributed by atoms with Gasteiger partial charge >= 0.3 is 0 Å². The van der Waals surface area contributed by atoms with Gasteiger partial charge in [-0.2, -0.15) is 0 Å². The van der Waals surface area contributed by atoms with Gasteiger partial charge in [-0.25, -0.2) is 4.39 Å². The van der Waals surface area contributed by atoms with Gasteiger partial charge in [0.1, 0.15) is 6.61 Å². The van der Waals surface area contributed by atoms with Crippen molar-refractivity contribution in [2.75, 3.05) is 6.61 Å². The molecule has 0 atom stereocenters. The van der Waals surface area contributed by atoms with Gasteiger partial charge in [0.05, 0.1) is 6.61 Å². The van der Waals surface area contributed by atoms with Gasteiger partial charge in [-0.1, -0.05) is 46.3 Å². The zero-order chi connectivity index (χ0) is 13.7. The van der Waals surface area contributed by atoms with E-state index in [1.54, 1.807) is 6.07 Å². The minimum atomic E-state index is -0.436. The lowest BCUT2D eigenvalue weighted by Gasteiger charge is -2.13. The Balaban J connectivity index is 2.19. The van der Waals surface area contributed by atoms with Crippen LogP contribution >= 0.6 is 15.9 Å². The molecule has 0 amide bonds. The molecule has 0 radical (unpaired) electrons. The van der Waals surface area contributed by atoms with Crippen molar-refractivity contribution in [1.29, 1.82) is 0 Å². The molecule has 19 heavy (non-hydrogen) atoms. The predicted octanol–water partition coefficient (Wildman–Crippen LogP) is 4.57. The Morgan fingerprint density at radius 3 is 2.53 bits per heavy atom. The minimum Gasteiger partial charge on any atom is -0.490 e. The molecule has 0 aliphatic carbocycles. The van der Waals surface area contributed by atoms with Gasteiger partial charge in [0, 0.05) is 4.47 Å². The predicted molar refractivity (Wildman–Crippen MR) is 76.0 cm³/mol. The summed E-state index contributed by atoms with van der Waals surface area (Å²) < 4.78 is 25.5. The fraction of sp³-hybridized carbons (Fsp3) is 0.200. The number of hydrogen-bond acceptors (Lipinski definition) is 2. The molecule has 4 heteroatoms. The molecule has 2 aromatic carbocycles. The molecule has 2 aromatic rings. The Hall–Kier alpha value is -1.55. The molecule has 0 aliphatic rings. The molecule has 0 saturated heterocycles. The number of halogens is 2. The van der Waals surface area contributed by atoms with Crippen LogP contribution in [0.2, 0.25) is 0 Å². The largest absolute Gasteiger partial charge is 0.490 e. The second-order valence-electron chi connectivity index (χ2n) is 3.92. The first-order chi connectivity index (χ1) is 9.20. The van der Waals surface area contributed by atoms with E-state index in [4.69, 9.17) is 9.47 Å². The van der Waals surface area contributed by atoms with Gasteiger partial charge in [-0.05, 0) is 24.6 Å². The zero-order valence-corrected chi connectivity index (χ0v) is 12.1. The van der Waals surface area contributed by atoms with Crippen LogP contribution < -0.4 is 9.47 Å². The molecule has 0 unspecified atom stereocenters. The second kappa shape index (κ2) is 6.57. The fourth-order valence-corrected chi connectivity index (χ4v) is 2.08. The average Bonchev–Trinajstić information content (AvgIpc) is 2.39. The lowest BCUT2D eigenvalue weighted by Crippen LogP contribution is -2.01. The van der Waals surface area contributed by atoms with Gasteiger partial charge in [0.25, 0.3) is 0 Å². The van der Waals surface area contributed by atoms with E-state index in [9.17, 15) is 4.39 Å². The highest BCUT2D eigenvalue weighted by Crippen LogP contribution is 2.34. The Morgan fingerprint density at radius 1 is 1.11 bits per heavy atom. The van der Waals surface area contributed by atoms with E-state index < -0.39 is 5.82 Å². The van der Waals surface area contributed by atoms with Crippen molar-refractivity contribution in [3.8, 4) is 11.5 Å². The molecular weight excluding hydrogens is 311 g/mol. The number of benzene rings is 2. The maximum absolute atomic E-state index is 13.9. The van der Waals surface area contributed by atoms with Crippen molar-refractivity contribution in [3.05, 3.63) is 58.3 Å². The molecule has 0 N–H and O–H groups in total. The smallest absolute Gasteiger partial charge is 0.197 e. The van der Waals surface area contributed by atoms with Crippen molar-refractivity contribution < 1.29 is 13.9 Å². The molecule has 100 valence electrons. The summed E-state index contributed by atoms with van der Waals surface area (Å²) >= 11 is 3.24. The first-order valence-electron chi connectivity index (χ1n) is 5.99. The molecule has 0 fully saturated rings. The van der Waals surface area contributed by atoms with E-state index in [0.717, 1.165) is 5.56 Å². The van der Waals surface area contributed by atoms with E-state index in [1.807, 2.05) is 37.3 Å². The summed E-state index contributed by atoms with van der Waals surface area (Å²) in [4.78, 5) is 0. The van der Waals surface area contributed by atoms with Crippen LogP contribution in [-0.4, -0.2) is 6.61 Å². The van der Waals surface area contributed by atoms with E-state index in [2.05, 4.69) is 15.9 Å². The van der Waals surface area contributed by atoms with Gasteiger partial charge < -0.3 is 9.47 Å². The first-order valence-corrected chi connectivity index (χ1v) is 6.78. The van der Waals surface area contributed by atoms with Crippen molar-refractivity contribution in [2.24, 2.45) is 0 Å². The standard InChI is InChI=1S/C15H14BrFO2/c1-2-18-14-9-12(16)8-13(17)15(14)19-10-11-6-4-3-5-7-11/h3-9H,2,10H2,1H3. The van der Waals surface area contributed by atoms with Crippen molar-refractivity contribution >= 4 is 15.9 Å². The monoisotopic (exact) mass is 324 g/mol. The Morgan fingerprint density at radius 2 is 1.84 bits per heavy atom. The average molecular weight is 325 g/mol. The molecule has 0 saturated carbocycles. The highest BCUT2D eigenvalue weighted by atomic mass is 79.9. The van der Waals surface area contributed by atoms with Gasteiger partial charge in [-0.3, -0.25) is 0 Å². The topological polar surface area (TPSA) is 18.5 Å². The molecule has 2 rings (SSSR count). The molecular formula is C15H14BrFO2. The maximum atomic E-state index is 13.9. The molecule has 0 spiro atoms. The van der Waals surface area contributed by atoms with Crippen LogP contribution in [-0.2, 0) is 6.61 Å². The lowest BCUT2D eigenvalue weighted by atomic mass is 10.2. The number of ether oxygens (including phenoxy) is 2. The van der Waals surface area contributed by atoms with Crippen molar-refractivity contribution in [2.45, 2.75) is 13.5 Å². The Labute approximate surface area is 120 Å². The van der Waals surface area contributed by atoms with E-state index in [1.165, 1.54) is 6.07 Å². The SMILES string of the molecule is CCOc1cc(Br)cc(F)c1OCc1ccccc1. The minimum absolute atomic E-state index is 0.147. The van der Waals surface area contributed by atoms with Gasteiger partial charge in [-0.15, -0.1) is 0 Å². The third-order valence-corrected chi connectivity index (χ3v) is 2.96. The van der Waals surface area contributed by atoms with Crippen LogP contribution in [0.25, 0.3) is 0 Å². The van der Waals surface area contributed by atoms with Crippen molar-refractivity contribution in [3.63, 3.8) is 0 Å².